The van der Waals surface area contributed by atoms with Crippen LogP contribution in [0.1, 0.15) is 37.2 Å². The predicted molar refractivity (Wildman–Crippen MR) is 107 cm³/mol. The van der Waals surface area contributed by atoms with E-state index >= 15 is 0 Å². The third-order valence-corrected chi connectivity index (χ3v) is 5.46. The molecule has 2 N–H and O–H groups in total. The molecule has 4 rings (SSSR count). The highest BCUT2D eigenvalue weighted by atomic mass is 19.1. The molecule has 0 bridgehead atoms. The molecule has 2 aromatic heterocycles. The molecule has 32 heavy (non-hydrogen) atoms. The fourth-order valence-electron chi connectivity index (χ4n) is 3.71. The SMILES string of the molecule is C[C@H](Nc1ncc(F)c([C@@H]2C(=O)NCC2[C@H](C)F)n1)c1cn(-c2ccc(F)cc2F)cn1. The van der Waals surface area contributed by atoms with Gasteiger partial charge in [-0.25, -0.2) is 32.5 Å². The summed E-state index contributed by atoms with van der Waals surface area (Å²) >= 11 is 0. The minimum Gasteiger partial charge on any atom is -0.355 e. The highest BCUT2D eigenvalue weighted by Gasteiger charge is 2.42. The van der Waals surface area contributed by atoms with Crippen molar-refractivity contribution in [2.45, 2.75) is 32.0 Å². The second-order valence-electron chi connectivity index (χ2n) is 7.66. The van der Waals surface area contributed by atoms with E-state index in [1.54, 1.807) is 13.1 Å². The van der Waals surface area contributed by atoms with Crippen LogP contribution in [0, 0.1) is 23.4 Å². The number of nitrogens with one attached hydrogen (secondary N) is 2. The standard InChI is InChI=1S/C21H20F4N6O/c1-10(22)13-6-26-20(32)18(13)19-15(25)7-27-21(30-19)29-11(2)16-8-31(9-28-16)17-4-3-12(23)5-14(17)24/h3-5,7-11,13,18H,6H2,1-2H3,(H,26,32)(H,27,29,30)/t10-,11-,13?,18+/m0/s1. The Morgan fingerprint density at radius 2 is 1.97 bits per heavy atom. The summed E-state index contributed by atoms with van der Waals surface area (Å²) in [5.74, 6) is -4.49. The van der Waals surface area contributed by atoms with Gasteiger partial charge < -0.3 is 15.2 Å². The van der Waals surface area contributed by atoms with E-state index in [-0.39, 0.29) is 23.9 Å². The largest absolute Gasteiger partial charge is 0.355 e. The van der Waals surface area contributed by atoms with Crippen LogP contribution in [0.3, 0.4) is 0 Å². The van der Waals surface area contributed by atoms with Gasteiger partial charge in [0.15, 0.2) is 5.82 Å². The summed E-state index contributed by atoms with van der Waals surface area (Å²) in [5.41, 5.74) is 0.423. The van der Waals surface area contributed by atoms with Crippen LogP contribution in [-0.2, 0) is 4.79 Å². The van der Waals surface area contributed by atoms with Crippen molar-refractivity contribution in [2.24, 2.45) is 5.92 Å². The third-order valence-electron chi connectivity index (χ3n) is 5.46. The Bertz CT molecular complexity index is 1150. The first-order valence-corrected chi connectivity index (χ1v) is 9.94. The van der Waals surface area contributed by atoms with Crippen molar-refractivity contribution in [3.05, 3.63) is 65.8 Å². The number of halogens is 4. The maximum atomic E-state index is 14.4. The molecule has 1 fully saturated rings. The number of nitrogens with zero attached hydrogens (tertiary/aromatic N) is 4. The van der Waals surface area contributed by atoms with Crippen molar-refractivity contribution in [1.82, 2.24) is 24.8 Å². The number of aromatic nitrogens is 4. The third kappa shape index (κ3) is 4.14. The Balaban J connectivity index is 1.56. The first kappa shape index (κ1) is 21.7. The number of anilines is 1. The second-order valence-corrected chi connectivity index (χ2v) is 7.66. The topological polar surface area (TPSA) is 84.7 Å². The zero-order chi connectivity index (χ0) is 23.0. The molecule has 0 aliphatic carbocycles. The second kappa shape index (κ2) is 8.56. The van der Waals surface area contributed by atoms with E-state index in [1.165, 1.54) is 23.9 Å². The van der Waals surface area contributed by atoms with Crippen molar-refractivity contribution in [2.75, 3.05) is 11.9 Å². The molecule has 0 radical (unpaired) electrons. The lowest BCUT2D eigenvalue weighted by molar-refractivity contribution is -0.121. The molecular weight excluding hydrogens is 428 g/mol. The van der Waals surface area contributed by atoms with Gasteiger partial charge in [-0.2, -0.15) is 0 Å². The van der Waals surface area contributed by atoms with Gasteiger partial charge in [-0.3, -0.25) is 4.79 Å². The Labute approximate surface area is 180 Å². The molecule has 0 saturated carbocycles. The number of alkyl halides is 1. The van der Waals surface area contributed by atoms with Crippen molar-refractivity contribution in [1.29, 1.82) is 0 Å². The zero-order valence-corrected chi connectivity index (χ0v) is 17.2. The number of imidazole rings is 1. The van der Waals surface area contributed by atoms with Gasteiger partial charge in [0.25, 0.3) is 0 Å². The van der Waals surface area contributed by atoms with Crippen molar-refractivity contribution in [3.63, 3.8) is 0 Å². The lowest BCUT2D eigenvalue weighted by Gasteiger charge is -2.19. The van der Waals surface area contributed by atoms with Gasteiger partial charge in [0.2, 0.25) is 11.9 Å². The molecule has 0 spiro atoms. The first-order chi connectivity index (χ1) is 15.2. The van der Waals surface area contributed by atoms with Gasteiger partial charge in [0, 0.05) is 24.7 Å². The number of benzene rings is 1. The van der Waals surface area contributed by atoms with Crippen LogP contribution in [0.25, 0.3) is 5.69 Å². The van der Waals surface area contributed by atoms with E-state index in [9.17, 15) is 22.4 Å². The van der Waals surface area contributed by atoms with E-state index in [0.29, 0.717) is 5.69 Å². The number of amides is 1. The Kier molecular flexibility index (Phi) is 5.81. The fraction of sp³-hybridized carbons (Fsp3) is 0.333. The van der Waals surface area contributed by atoms with Crippen molar-refractivity contribution < 1.29 is 22.4 Å². The monoisotopic (exact) mass is 448 g/mol. The van der Waals surface area contributed by atoms with Crippen molar-refractivity contribution in [3.8, 4) is 5.69 Å². The molecular formula is C21H20F4N6O. The van der Waals surface area contributed by atoms with Gasteiger partial charge in [0.05, 0.1) is 41.6 Å². The molecule has 7 nitrogen and oxygen atoms in total. The zero-order valence-electron chi connectivity index (χ0n) is 17.2. The van der Waals surface area contributed by atoms with Crippen LogP contribution in [0.15, 0.2) is 36.9 Å². The number of carbonyl (C=O) groups excluding carboxylic acids is 1. The maximum absolute atomic E-state index is 14.4. The quantitative estimate of drug-likeness (QED) is 0.565. The number of carbonyl (C=O) groups is 1. The molecule has 1 aliphatic heterocycles. The van der Waals surface area contributed by atoms with Gasteiger partial charge >= 0.3 is 0 Å². The Morgan fingerprint density at radius 1 is 1.19 bits per heavy atom. The summed E-state index contributed by atoms with van der Waals surface area (Å²) in [6.07, 6.45) is 2.51. The van der Waals surface area contributed by atoms with E-state index in [1.807, 2.05) is 0 Å². The molecule has 3 aromatic rings. The van der Waals surface area contributed by atoms with Gasteiger partial charge in [-0.1, -0.05) is 0 Å². The minimum atomic E-state index is -1.33. The molecule has 3 heterocycles. The first-order valence-electron chi connectivity index (χ1n) is 9.94. The highest BCUT2D eigenvalue weighted by molar-refractivity contribution is 5.86. The molecule has 1 aromatic carbocycles. The minimum absolute atomic E-state index is 0.0290. The summed E-state index contributed by atoms with van der Waals surface area (Å²) in [6.45, 7) is 3.15. The normalized spacial score (nSPS) is 20.1. The maximum Gasteiger partial charge on any atom is 0.229 e. The average Bonchev–Trinajstić information content (AvgIpc) is 3.37. The van der Waals surface area contributed by atoms with Crippen LogP contribution >= 0.6 is 0 Å². The Morgan fingerprint density at radius 3 is 2.69 bits per heavy atom. The molecule has 1 saturated heterocycles. The summed E-state index contributed by atoms with van der Waals surface area (Å²) in [6, 6.07) is 2.72. The molecule has 4 atom stereocenters. The predicted octanol–water partition coefficient (Wildman–Crippen LogP) is 3.44. The molecule has 1 amide bonds. The molecule has 168 valence electrons. The van der Waals surface area contributed by atoms with Gasteiger partial charge in [-0.05, 0) is 26.0 Å². The van der Waals surface area contributed by atoms with Crippen LogP contribution in [-0.4, -0.2) is 38.1 Å². The lowest BCUT2D eigenvalue weighted by Crippen LogP contribution is -2.24. The summed E-state index contributed by atoms with van der Waals surface area (Å²) < 4.78 is 56.9. The van der Waals surface area contributed by atoms with Crippen LogP contribution in [0.2, 0.25) is 0 Å². The number of hydrogen-bond acceptors (Lipinski definition) is 5. The molecule has 11 heteroatoms. The number of rotatable bonds is 6. The van der Waals surface area contributed by atoms with Crippen LogP contribution < -0.4 is 10.6 Å². The lowest BCUT2D eigenvalue weighted by atomic mass is 9.89. The summed E-state index contributed by atoms with van der Waals surface area (Å²) in [7, 11) is 0. The van der Waals surface area contributed by atoms with Crippen LogP contribution in [0.4, 0.5) is 23.5 Å². The van der Waals surface area contributed by atoms with Crippen molar-refractivity contribution >= 4 is 11.9 Å². The van der Waals surface area contributed by atoms with E-state index in [2.05, 4.69) is 25.6 Å². The summed E-state index contributed by atoms with van der Waals surface area (Å²) in [4.78, 5) is 24.4. The van der Waals surface area contributed by atoms with E-state index in [4.69, 9.17) is 0 Å². The van der Waals surface area contributed by atoms with E-state index < -0.39 is 47.4 Å². The van der Waals surface area contributed by atoms with E-state index in [0.717, 1.165) is 18.3 Å². The Hall–Kier alpha value is -3.50. The number of hydrogen-bond donors (Lipinski definition) is 2. The summed E-state index contributed by atoms with van der Waals surface area (Å²) in [5, 5.41) is 5.50. The fourth-order valence-corrected chi connectivity index (χ4v) is 3.71. The molecule has 1 unspecified atom stereocenters. The van der Waals surface area contributed by atoms with Gasteiger partial charge in [0.1, 0.15) is 17.8 Å². The highest BCUT2D eigenvalue weighted by Crippen LogP contribution is 2.33. The smallest absolute Gasteiger partial charge is 0.229 e. The average molecular weight is 448 g/mol. The van der Waals surface area contributed by atoms with Gasteiger partial charge in [-0.15, -0.1) is 0 Å². The van der Waals surface area contributed by atoms with Crippen LogP contribution in [0.5, 0.6) is 0 Å². The molecule has 1 aliphatic rings.